The van der Waals surface area contributed by atoms with Crippen LogP contribution in [0, 0.1) is 13.8 Å². The van der Waals surface area contributed by atoms with Crippen LogP contribution >= 0.6 is 11.6 Å². The van der Waals surface area contributed by atoms with Crippen molar-refractivity contribution in [2.75, 3.05) is 24.5 Å². The molecular formula is C35H38ClN3O5S. The summed E-state index contributed by atoms with van der Waals surface area (Å²) in [6.07, 6.45) is 0.210. The molecule has 1 atom stereocenters. The first kappa shape index (κ1) is 33.6. The summed E-state index contributed by atoms with van der Waals surface area (Å²) >= 11 is 6.54. The molecule has 0 aliphatic carbocycles. The number of ether oxygens (including phenoxy) is 1. The SMILES string of the molecule is CCNC(=O)C(Cc1ccccc1)N(Cc1ccccc1Cl)C(=O)CN(c1cc(C)ccc1OC)S(=O)(=O)c1ccc(C)cc1. The van der Waals surface area contributed by atoms with Crippen LogP contribution < -0.4 is 14.4 Å². The molecule has 0 spiro atoms. The minimum Gasteiger partial charge on any atom is -0.495 e. The third-order valence-corrected chi connectivity index (χ3v) is 9.55. The molecule has 2 amide bonds. The second-order valence-corrected chi connectivity index (χ2v) is 13.0. The molecule has 4 rings (SSSR count). The Hall–Kier alpha value is -4.34. The zero-order valence-corrected chi connectivity index (χ0v) is 27.4. The number of likely N-dealkylation sites (N-methyl/N-ethyl adjacent to an activating group) is 1. The summed E-state index contributed by atoms with van der Waals surface area (Å²) in [5.74, 6) is -0.657. The monoisotopic (exact) mass is 647 g/mol. The normalized spacial score (nSPS) is 11.8. The number of anilines is 1. The largest absolute Gasteiger partial charge is 0.495 e. The molecule has 1 N–H and O–H groups in total. The number of sulfonamides is 1. The Kier molecular flexibility index (Phi) is 11.3. The summed E-state index contributed by atoms with van der Waals surface area (Å²) in [6.45, 7) is 5.24. The van der Waals surface area contributed by atoms with Crippen molar-refractivity contribution in [1.82, 2.24) is 10.2 Å². The molecule has 236 valence electrons. The molecule has 4 aromatic carbocycles. The highest BCUT2D eigenvalue weighted by molar-refractivity contribution is 7.92. The van der Waals surface area contributed by atoms with Gasteiger partial charge in [0.15, 0.2) is 0 Å². The molecule has 0 fully saturated rings. The zero-order valence-electron chi connectivity index (χ0n) is 25.9. The molecule has 0 aliphatic rings. The lowest BCUT2D eigenvalue weighted by atomic mass is 10.0. The molecule has 1 unspecified atom stereocenters. The Labute approximate surface area is 270 Å². The van der Waals surface area contributed by atoms with E-state index in [4.69, 9.17) is 16.3 Å². The van der Waals surface area contributed by atoms with E-state index in [1.807, 2.05) is 44.2 Å². The van der Waals surface area contributed by atoms with Gasteiger partial charge in [0.2, 0.25) is 11.8 Å². The first-order chi connectivity index (χ1) is 21.5. The predicted molar refractivity (Wildman–Crippen MR) is 178 cm³/mol. The van der Waals surface area contributed by atoms with Crippen molar-refractivity contribution >= 4 is 39.1 Å². The Morgan fingerprint density at radius 3 is 2.18 bits per heavy atom. The van der Waals surface area contributed by atoms with Crippen LogP contribution in [-0.4, -0.2) is 51.4 Å². The Balaban J connectivity index is 1.85. The second-order valence-electron chi connectivity index (χ2n) is 10.7. The van der Waals surface area contributed by atoms with Crippen molar-refractivity contribution < 1.29 is 22.7 Å². The molecule has 0 saturated heterocycles. The van der Waals surface area contributed by atoms with Gasteiger partial charge in [-0.2, -0.15) is 0 Å². The number of carbonyl (C=O) groups excluding carboxylic acids is 2. The number of carbonyl (C=O) groups is 2. The van der Waals surface area contributed by atoms with Crippen molar-refractivity contribution in [2.24, 2.45) is 0 Å². The molecule has 0 heterocycles. The summed E-state index contributed by atoms with van der Waals surface area (Å²) in [4.78, 5) is 29.6. The molecule has 8 nitrogen and oxygen atoms in total. The van der Waals surface area contributed by atoms with Gasteiger partial charge in [0.05, 0.1) is 17.7 Å². The molecule has 10 heteroatoms. The van der Waals surface area contributed by atoms with Gasteiger partial charge in [-0.1, -0.05) is 83.9 Å². The van der Waals surface area contributed by atoms with E-state index >= 15 is 0 Å². The fourth-order valence-electron chi connectivity index (χ4n) is 5.00. The number of halogens is 1. The van der Waals surface area contributed by atoms with Crippen LogP contribution in [0.4, 0.5) is 5.69 Å². The number of methoxy groups -OCH3 is 1. The number of hydrogen-bond acceptors (Lipinski definition) is 5. The Morgan fingerprint density at radius 1 is 0.889 bits per heavy atom. The average molecular weight is 648 g/mol. The number of hydrogen-bond donors (Lipinski definition) is 1. The second kappa shape index (κ2) is 15.1. The fraction of sp³-hybridized carbons (Fsp3) is 0.257. The van der Waals surface area contributed by atoms with Crippen LogP contribution in [0.25, 0.3) is 0 Å². The van der Waals surface area contributed by atoms with E-state index in [0.717, 1.165) is 21.0 Å². The number of rotatable bonds is 13. The Bertz CT molecular complexity index is 1730. The topological polar surface area (TPSA) is 96.0 Å². The third kappa shape index (κ3) is 8.23. The minimum absolute atomic E-state index is 0.0173. The van der Waals surface area contributed by atoms with Gasteiger partial charge in [0, 0.05) is 24.5 Å². The van der Waals surface area contributed by atoms with Crippen molar-refractivity contribution in [3.8, 4) is 5.75 Å². The third-order valence-electron chi connectivity index (χ3n) is 7.41. The number of benzene rings is 4. The van der Waals surface area contributed by atoms with E-state index in [9.17, 15) is 18.0 Å². The predicted octanol–water partition coefficient (Wildman–Crippen LogP) is 5.94. The first-order valence-electron chi connectivity index (χ1n) is 14.6. The quantitative estimate of drug-likeness (QED) is 0.194. The fourth-order valence-corrected chi connectivity index (χ4v) is 6.61. The van der Waals surface area contributed by atoms with Gasteiger partial charge in [-0.05, 0) is 67.8 Å². The van der Waals surface area contributed by atoms with Crippen LogP contribution in [0.2, 0.25) is 5.02 Å². The lowest BCUT2D eigenvalue weighted by Crippen LogP contribution is -2.53. The maximum Gasteiger partial charge on any atom is 0.264 e. The highest BCUT2D eigenvalue weighted by atomic mass is 35.5. The number of nitrogens with zero attached hydrogens (tertiary/aromatic N) is 2. The maximum atomic E-state index is 14.6. The van der Waals surface area contributed by atoms with Crippen LogP contribution in [0.3, 0.4) is 0 Å². The van der Waals surface area contributed by atoms with Crippen molar-refractivity contribution in [3.63, 3.8) is 0 Å². The summed E-state index contributed by atoms with van der Waals surface area (Å²) in [7, 11) is -2.82. The Morgan fingerprint density at radius 2 is 1.53 bits per heavy atom. The average Bonchev–Trinajstić information content (AvgIpc) is 3.03. The maximum absolute atomic E-state index is 14.6. The first-order valence-corrected chi connectivity index (χ1v) is 16.5. The van der Waals surface area contributed by atoms with Gasteiger partial charge in [-0.3, -0.25) is 13.9 Å². The van der Waals surface area contributed by atoms with Gasteiger partial charge in [0.1, 0.15) is 18.3 Å². The van der Waals surface area contributed by atoms with Gasteiger partial charge < -0.3 is 15.0 Å². The number of nitrogens with one attached hydrogen (secondary N) is 1. The van der Waals surface area contributed by atoms with Crippen LogP contribution in [0.15, 0.2) is 102 Å². The standard InChI is InChI=1S/C35H38ClN3O5S/c1-5-37-35(41)32(22-27-11-7-6-8-12-27)38(23-28-13-9-10-14-30(28)36)34(40)24-39(31-21-26(3)17-20-33(31)44-4)45(42,43)29-18-15-25(2)16-19-29/h6-21,32H,5,22-24H2,1-4H3,(H,37,41). The highest BCUT2D eigenvalue weighted by Crippen LogP contribution is 2.34. The minimum atomic E-state index is -4.27. The highest BCUT2D eigenvalue weighted by Gasteiger charge is 2.35. The summed E-state index contributed by atoms with van der Waals surface area (Å²) in [6, 6.07) is 27.1. The molecule has 0 radical (unpaired) electrons. The van der Waals surface area contributed by atoms with Gasteiger partial charge in [-0.25, -0.2) is 8.42 Å². The van der Waals surface area contributed by atoms with Crippen LogP contribution in [0.5, 0.6) is 5.75 Å². The summed E-state index contributed by atoms with van der Waals surface area (Å²) in [5, 5.41) is 3.28. The molecule has 0 aliphatic heterocycles. The molecule has 0 aromatic heterocycles. The molecule has 4 aromatic rings. The zero-order chi connectivity index (χ0) is 32.6. The summed E-state index contributed by atoms with van der Waals surface area (Å²) in [5.41, 5.74) is 3.34. The van der Waals surface area contributed by atoms with Crippen molar-refractivity contribution in [1.29, 1.82) is 0 Å². The van der Waals surface area contributed by atoms with Crippen LogP contribution in [-0.2, 0) is 32.6 Å². The number of aryl methyl sites for hydroxylation is 2. The molecule has 0 saturated carbocycles. The van der Waals surface area contributed by atoms with Crippen molar-refractivity contribution in [3.05, 3.63) is 124 Å². The molecule has 45 heavy (non-hydrogen) atoms. The molecule has 0 bridgehead atoms. The van der Waals surface area contributed by atoms with Gasteiger partial charge in [-0.15, -0.1) is 0 Å². The number of amides is 2. The van der Waals surface area contributed by atoms with Gasteiger partial charge in [0.25, 0.3) is 10.0 Å². The van der Waals surface area contributed by atoms with E-state index in [2.05, 4.69) is 5.32 Å². The van der Waals surface area contributed by atoms with Crippen molar-refractivity contribution in [2.45, 2.75) is 44.7 Å². The van der Waals surface area contributed by atoms with Crippen LogP contribution in [0.1, 0.15) is 29.2 Å². The van der Waals surface area contributed by atoms with E-state index < -0.39 is 28.5 Å². The van der Waals surface area contributed by atoms with E-state index in [1.165, 1.54) is 24.1 Å². The molecular weight excluding hydrogens is 610 g/mol. The lowest BCUT2D eigenvalue weighted by Gasteiger charge is -2.34. The van der Waals surface area contributed by atoms with E-state index in [1.54, 1.807) is 61.5 Å². The van der Waals surface area contributed by atoms with E-state index in [0.29, 0.717) is 17.1 Å². The van der Waals surface area contributed by atoms with E-state index in [-0.39, 0.29) is 35.2 Å². The smallest absolute Gasteiger partial charge is 0.264 e. The summed E-state index contributed by atoms with van der Waals surface area (Å²) < 4.78 is 35.2. The lowest BCUT2D eigenvalue weighted by molar-refractivity contribution is -0.140. The van der Waals surface area contributed by atoms with Gasteiger partial charge >= 0.3 is 0 Å².